The number of carbonyl (C=O) groups is 1. The summed E-state index contributed by atoms with van der Waals surface area (Å²) >= 11 is 8.18. The molecule has 3 unspecified atom stereocenters. The summed E-state index contributed by atoms with van der Waals surface area (Å²) in [6.45, 7) is 3.14. The lowest BCUT2D eigenvalue weighted by atomic mass is 10.0. The summed E-state index contributed by atoms with van der Waals surface area (Å²) in [6.07, 6.45) is 4.92. The maximum Gasteiger partial charge on any atom is 0.251 e. The molecule has 120 valence electrons. The molecular formula is C17H23BrN2OS. The minimum Gasteiger partial charge on any atom is -0.352 e. The monoisotopic (exact) mass is 382 g/mol. The molecule has 5 heteroatoms. The molecule has 1 saturated carbocycles. The van der Waals surface area contributed by atoms with Crippen molar-refractivity contribution in [2.45, 2.75) is 37.0 Å². The highest BCUT2D eigenvalue weighted by Gasteiger charge is 2.38. The molecule has 3 nitrogen and oxygen atoms in total. The number of hydrogen-bond acceptors (Lipinski definition) is 3. The number of likely N-dealkylation sites (tertiary alicyclic amines) is 1. The molecule has 1 aliphatic heterocycles. The highest BCUT2D eigenvalue weighted by molar-refractivity contribution is 9.10. The summed E-state index contributed by atoms with van der Waals surface area (Å²) < 4.78 is 0.992. The van der Waals surface area contributed by atoms with Crippen LogP contribution in [0.2, 0.25) is 0 Å². The van der Waals surface area contributed by atoms with Crippen molar-refractivity contribution in [3.8, 4) is 0 Å². The van der Waals surface area contributed by atoms with Gasteiger partial charge < -0.3 is 5.32 Å². The Morgan fingerprint density at radius 2 is 1.91 bits per heavy atom. The van der Waals surface area contributed by atoms with Crippen molar-refractivity contribution in [1.82, 2.24) is 10.2 Å². The summed E-state index contributed by atoms with van der Waals surface area (Å²) in [4.78, 5) is 14.8. The number of benzene rings is 1. The van der Waals surface area contributed by atoms with Gasteiger partial charge in [0.05, 0.1) is 0 Å². The Kier molecular flexibility index (Phi) is 5.47. The van der Waals surface area contributed by atoms with Gasteiger partial charge in [0, 0.05) is 27.9 Å². The van der Waals surface area contributed by atoms with E-state index in [9.17, 15) is 4.79 Å². The summed E-state index contributed by atoms with van der Waals surface area (Å²) in [5.74, 6) is 0.551. The molecule has 0 radical (unpaired) electrons. The van der Waals surface area contributed by atoms with E-state index >= 15 is 0 Å². The zero-order valence-electron chi connectivity index (χ0n) is 12.7. The van der Waals surface area contributed by atoms with Crippen molar-refractivity contribution in [1.29, 1.82) is 0 Å². The molecular weight excluding hydrogens is 360 g/mol. The molecule has 1 N–H and O–H groups in total. The van der Waals surface area contributed by atoms with Gasteiger partial charge in [-0.25, -0.2) is 0 Å². The van der Waals surface area contributed by atoms with Gasteiger partial charge in [0.15, 0.2) is 0 Å². The van der Waals surface area contributed by atoms with Crippen molar-refractivity contribution in [3.63, 3.8) is 0 Å². The van der Waals surface area contributed by atoms with Crippen LogP contribution < -0.4 is 5.32 Å². The van der Waals surface area contributed by atoms with Gasteiger partial charge in [-0.3, -0.25) is 9.69 Å². The molecule has 0 aromatic heterocycles. The number of hydrogen-bond donors (Lipinski definition) is 2. The Morgan fingerprint density at radius 1 is 1.23 bits per heavy atom. The Morgan fingerprint density at radius 3 is 2.59 bits per heavy atom. The Bertz CT molecular complexity index is 516. The van der Waals surface area contributed by atoms with Crippen molar-refractivity contribution >= 4 is 34.5 Å². The largest absolute Gasteiger partial charge is 0.352 e. The Hall–Kier alpha value is -0.520. The van der Waals surface area contributed by atoms with E-state index in [1.54, 1.807) is 0 Å². The van der Waals surface area contributed by atoms with Crippen LogP contribution in [-0.2, 0) is 0 Å². The van der Waals surface area contributed by atoms with Crippen LogP contribution in [-0.4, -0.2) is 41.7 Å². The molecule has 0 spiro atoms. The number of carbonyl (C=O) groups excluding carboxylic acids is 1. The fourth-order valence-corrected chi connectivity index (χ4v) is 4.62. The second-order valence-electron chi connectivity index (χ2n) is 6.36. The molecule has 1 saturated heterocycles. The number of rotatable bonds is 4. The van der Waals surface area contributed by atoms with Crippen LogP contribution in [0, 0.1) is 5.92 Å². The van der Waals surface area contributed by atoms with Gasteiger partial charge in [-0.1, -0.05) is 15.9 Å². The van der Waals surface area contributed by atoms with E-state index in [4.69, 9.17) is 12.6 Å². The van der Waals surface area contributed by atoms with E-state index in [1.165, 1.54) is 25.9 Å². The zero-order valence-corrected chi connectivity index (χ0v) is 15.2. The second-order valence-corrected chi connectivity index (χ2v) is 7.93. The van der Waals surface area contributed by atoms with E-state index in [0.29, 0.717) is 17.2 Å². The molecule has 1 amide bonds. The third kappa shape index (κ3) is 3.69. The molecule has 2 aliphatic rings. The van der Waals surface area contributed by atoms with E-state index in [-0.39, 0.29) is 5.91 Å². The van der Waals surface area contributed by atoms with Gasteiger partial charge in [0.2, 0.25) is 0 Å². The van der Waals surface area contributed by atoms with Gasteiger partial charge in [0.25, 0.3) is 5.91 Å². The molecule has 0 bridgehead atoms. The molecule has 3 rings (SSSR count). The first-order valence-corrected chi connectivity index (χ1v) is 9.42. The van der Waals surface area contributed by atoms with Crippen LogP contribution in [0.3, 0.4) is 0 Å². The Balaban J connectivity index is 1.57. The van der Waals surface area contributed by atoms with Gasteiger partial charge in [-0.05, 0) is 69.0 Å². The summed E-state index contributed by atoms with van der Waals surface area (Å²) in [5, 5.41) is 3.57. The van der Waals surface area contributed by atoms with Gasteiger partial charge in [-0.15, -0.1) is 0 Å². The lowest BCUT2D eigenvalue weighted by Gasteiger charge is -2.32. The van der Waals surface area contributed by atoms with Crippen LogP contribution in [0.5, 0.6) is 0 Å². The number of nitrogens with zero attached hydrogens (tertiary/aromatic N) is 1. The molecule has 3 atom stereocenters. The summed E-state index contributed by atoms with van der Waals surface area (Å²) in [5.41, 5.74) is 0.723. The fourth-order valence-electron chi connectivity index (χ4n) is 3.77. The minimum atomic E-state index is 0.0234. The third-order valence-electron chi connectivity index (χ3n) is 4.90. The molecule has 22 heavy (non-hydrogen) atoms. The summed E-state index contributed by atoms with van der Waals surface area (Å²) in [6, 6.07) is 8.04. The van der Waals surface area contributed by atoms with Gasteiger partial charge in [-0.2, -0.15) is 12.6 Å². The first-order chi connectivity index (χ1) is 10.6. The molecule has 2 fully saturated rings. The predicted octanol–water partition coefficient (Wildman–Crippen LogP) is 3.35. The maximum atomic E-state index is 12.3. The number of halogens is 1. The van der Waals surface area contributed by atoms with Gasteiger partial charge >= 0.3 is 0 Å². The van der Waals surface area contributed by atoms with E-state index < -0.39 is 0 Å². The minimum absolute atomic E-state index is 0.0234. The molecule has 1 aromatic rings. The van der Waals surface area contributed by atoms with Gasteiger partial charge in [0.1, 0.15) is 0 Å². The van der Waals surface area contributed by atoms with Crippen LogP contribution in [0.25, 0.3) is 0 Å². The molecule has 1 aliphatic carbocycles. The maximum absolute atomic E-state index is 12.3. The average Bonchev–Trinajstić information content (AvgIpc) is 3.15. The Labute approximate surface area is 146 Å². The topological polar surface area (TPSA) is 32.3 Å². The quantitative estimate of drug-likeness (QED) is 0.782. The summed E-state index contributed by atoms with van der Waals surface area (Å²) in [7, 11) is 0. The highest BCUT2D eigenvalue weighted by atomic mass is 79.9. The van der Waals surface area contributed by atoms with E-state index in [2.05, 4.69) is 26.1 Å². The average molecular weight is 383 g/mol. The van der Waals surface area contributed by atoms with Crippen LogP contribution in [0.4, 0.5) is 0 Å². The predicted molar refractivity (Wildman–Crippen MR) is 96.6 cm³/mol. The molecule has 1 heterocycles. The van der Waals surface area contributed by atoms with E-state index in [1.807, 2.05) is 24.3 Å². The number of amides is 1. The van der Waals surface area contributed by atoms with Crippen molar-refractivity contribution in [2.75, 3.05) is 19.6 Å². The smallest absolute Gasteiger partial charge is 0.251 e. The third-order valence-corrected chi connectivity index (χ3v) is 6.00. The van der Waals surface area contributed by atoms with Crippen LogP contribution in [0.1, 0.15) is 36.0 Å². The second kappa shape index (κ2) is 7.37. The van der Waals surface area contributed by atoms with E-state index in [0.717, 1.165) is 29.4 Å². The van der Waals surface area contributed by atoms with Crippen molar-refractivity contribution in [3.05, 3.63) is 34.3 Å². The van der Waals surface area contributed by atoms with Crippen LogP contribution in [0.15, 0.2) is 28.7 Å². The normalized spacial score (nSPS) is 28.9. The SMILES string of the molecule is O=C(NCC1CCC(S)C1N1CCCC1)c1ccc(Br)cc1. The number of thiol groups is 1. The molecule has 1 aromatic carbocycles. The first-order valence-electron chi connectivity index (χ1n) is 8.11. The standard InChI is InChI=1S/C17H23BrN2OS/c18-14-6-3-12(4-7-14)17(21)19-11-13-5-8-15(22)16(13)20-9-1-2-10-20/h3-4,6-7,13,15-16,22H,1-2,5,8-11H2,(H,19,21). The highest BCUT2D eigenvalue weighted by Crippen LogP contribution is 2.35. The fraction of sp³-hybridized carbons (Fsp3) is 0.588. The lowest BCUT2D eigenvalue weighted by Crippen LogP contribution is -2.44. The zero-order chi connectivity index (χ0) is 15.5. The van der Waals surface area contributed by atoms with Crippen molar-refractivity contribution < 1.29 is 4.79 Å². The first kappa shape index (κ1) is 16.3. The number of nitrogens with one attached hydrogen (secondary N) is 1. The van der Waals surface area contributed by atoms with Crippen LogP contribution >= 0.6 is 28.6 Å². The lowest BCUT2D eigenvalue weighted by molar-refractivity contribution is 0.0937. The van der Waals surface area contributed by atoms with Crippen molar-refractivity contribution in [2.24, 2.45) is 5.92 Å².